The molecule has 0 unspecified atom stereocenters. The number of nitrogens with two attached hydrogens (primary N) is 1. The van der Waals surface area contributed by atoms with E-state index in [-0.39, 0.29) is 19.0 Å². The maximum absolute atomic E-state index is 14.9. The lowest BCUT2D eigenvalue weighted by Crippen LogP contribution is -2.33. The van der Waals surface area contributed by atoms with E-state index in [4.69, 9.17) is 10.5 Å². The summed E-state index contributed by atoms with van der Waals surface area (Å²) in [4.78, 5) is 28.9. The Hall–Kier alpha value is -3.46. The largest absolute Gasteiger partial charge is 0.442 e. The maximum Gasteiger partial charge on any atom is 0.414 e. The SMILES string of the molecule is CC(=O)NC[C@H]1CN(c2ccc(-c3ccc4nc(CN)cn4c3)c(F)c2)C(=O)O1. The Bertz CT molecular complexity index is 1100. The molecule has 0 aliphatic carbocycles. The van der Waals surface area contributed by atoms with Crippen molar-refractivity contribution in [3.63, 3.8) is 0 Å². The fraction of sp³-hybridized carbons (Fsp3) is 0.250. The molecule has 1 fully saturated rings. The van der Waals surface area contributed by atoms with E-state index < -0.39 is 18.0 Å². The van der Waals surface area contributed by atoms with Gasteiger partial charge in [0.1, 0.15) is 17.6 Å². The summed E-state index contributed by atoms with van der Waals surface area (Å²) in [5, 5.41) is 2.61. The molecule has 3 heterocycles. The Kier molecular flexibility index (Phi) is 4.89. The number of cyclic esters (lactones) is 1. The minimum Gasteiger partial charge on any atom is -0.442 e. The number of rotatable bonds is 5. The number of fused-ring (bicyclic) bond motifs is 1. The summed E-state index contributed by atoms with van der Waals surface area (Å²) in [7, 11) is 0. The molecule has 0 saturated carbocycles. The minimum atomic E-state index is -0.568. The van der Waals surface area contributed by atoms with E-state index in [9.17, 15) is 14.0 Å². The summed E-state index contributed by atoms with van der Waals surface area (Å²) in [5.74, 6) is -0.664. The molecular formula is C20H20FN5O3. The molecule has 29 heavy (non-hydrogen) atoms. The van der Waals surface area contributed by atoms with Crippen LogP contribution in [0.4, 0.5) is 14.9 Å². The number of hydrogen-bond donors (Lipinski definition) is 2. The Morgan fingerprint density at radius 3 is 2.90 bits per heavy atom. The lowest BCUT2D eigenvalue weighted by Gasteiger charge is -2.14. The Labute approximate surface area is 166 Å². The van der Waals surface area contributed by atoms with Crippen LogP contribution in [0.5, 0.6) is 0 Å². The van der Waals surface area contributed by atoms with E-state index in [0.717, 1.165) is 11.3 Å². The first-order chi connectivity index (χ1) is 13.9. The van der Waals surface area contributed by atoms with Gasteiger partial charge in [-0.25, -0.2) is 14.2 Å². The number of aromatic nitrogens is 2. The van der Waals surface area contributed by atoms with Gasteiger partial charge in [0.2, 0.25) is 5.91 Å². The second kappa shape index (κ2) is 7.51. The predicted octanol–water partition coefficient (Wildman–Crippen LogP) is 2.06. The quantitative estimate of drug-likeness (QED) is 0.686. The van der Waals surface area contributed by atoms with Gasteiger partial charge < -0.3 is 20.2 Å². The minimum absolute atomic E-state index is 0.205. The summed E-state index contributed by atoms with van der Waals surface area (Å²) in [6.45, 7) is 2.17. The molecule has 4 rings (SSSR count). The molecule has 2 amide bonds. The molecule has 8 nitrogen and oxygen atoms in total. The molecule has 1 saturated heterocycles. The van der Waals surface area contributed by atoms with E-state index in [2.05, 4.69) is 10.3 Å². The Morgan fingerprint density at radius 2 is 2.17 bits per heavy atom. The molecule has 2 aromatic heterocycles. The first-order valence-electron chi connectivity index (χ1n) is 9.15. The number of carbonyl (C=O) groups excluding carboxylic acids is 2. The van der Waals surface area contributed by atoms with Gasteiger partial charge in [-0.2, -0.15) is 0 Å². The van der Waals surface area contributed by atoms with Gasteiger partial charge in [0.05, 0.1) is 24.5 Å². The average molecular weight is 397 g/mol. The molecule has 1 atom stereocenters. The zero-order valence-electron chi connectivity index (χ0n) is 15.8. The Morgan fingerprint density at radius 1 is 1.34 bits per heavy atom. The molecule has 150 valence electrons. The number of nitrogens with zero attached hydrogens (tertiary/aromatic N) is 3. The number of ether oxygens (including phenoxy) is 1. The second-order valence-corrected chi connectivity index (χ2v) is 6.84. The number of nitrogens with one attached hydrogen (secondary N) is 1. The van der Waals surface area contributed by atoms with Crippen molar-refractivity contribution in [1.29, 1.82) is 0 Å². The number of halogens is 1. The molecular weight excluding hydrogens is 377 g/mol. The van der Waals surface area contributed by atoms with Crippen LogP contribution >= 0.6 is 0 Å². The lowest BCUT2D eigenvalue weighted by molar-refractivity contribution is -0.119. The van der Waals surface area contributed by atoms with E-state index in [1.54, 1.807) is 41.1 Å². The molecule has 0 bridgehead atoms. The highest BCUT2D eigenvalue weighted by Crippen LogP contribution is 2.29. The molecule has 1 aliphatic rings. The van der Waals surface area contributed by atoms with Gasteiger partial charge in [0.25, 0.3) is 0 Å². The summed E-state index contributed by atoms with van der Waals surface area (Å²) >= 11 is 0. The van der Waals surface area contributed by atoms with Gasteiger partial charge in [0, 0.05) is 37.0 Å². The number of amides is 2. The van der Waals surface area contributed by atoms with E-state index in [1.165, 1.54) is 17.9 Å². The average Bonchev–Trinajstić information content (AvgIpc) is 3.28. The van der Waals surface area contributed by atoms with Crippen LogP contribution in [0.2, 0.25) is 0 Å². The zero-order valence-corrected chi connectivity index (χ0v) is 15.8. The number of imidazole rings is 1. The number of hydrogen-bond acceptors (Lipinski definition) is 5. The van der Waals surface area contributed by atoms with Crippen molar-refractivity contribution < 1.29 is 18.7 Å². The summed E-state index contributed by atoms with van der Waals surface area (Å²) in [6.07, 6.45) is 2.55. The van der Waals surface area contributed by atoms with Crippen LogP contribution in [0.15, 0.2) is 42.7 Å². The van der Waals surface area contributed by atoms with Crippen molar-refractivity contribution in [2.24, 2.45) is 5.73 Å². The first-order valence-corrected chi connectivity index (χ1v) is 9.15. The van der Waals surface area contributed by atoms with Crippen molar-refractivity contribution in [3.8, 4) is 11.1 Å². The number of carbonyl (C=O) groups is 2. The summed E-state index contributed by atoms with van der Waals surface area (Å²) in [6, 6.07) is 8.19. The van der Waals surface area contributed by atoms with Crippen molar-refractivity contribution >= 4 is 23.3 Å². The van der Waals surface area contributed by atoms with Gasteiger partial charge in [0.15, 0.2) is 0 Å². The number of anilines is 1. The highest BCUT2D eigenvalue weighted by molar-refractivity contribution is 5.90. The van der Waals surface area contributed by atoms with Crippen LogP contribution in [-0.4, -0.2) is 40.6 Å². The van der Waals surface area contributed by atoms with E-state index in [0.29, 0.717) is 23.4 Å². The maximum atomic E-state index is 14.9. The monoisotopic (exact) mass is 397 g/mol. The normalized spacial score (nSPS) is 16.3. The van der Waals surface area contributed by atoms with E-state index in [1.807, 2.05) is 0 Å². The third kappa shape index (κ3) is 3.77. The highest BCUT2D eigenvalue weighted by Gasteiger charge is 2.32. The number of benzene rings is 1. The van der Waals surface area contributed by atoms with Gasteiger partial charge in [-0.1, -0.05) is 0 Å². The topological polar surface area (TPSA) is 102 Å². The first kappa shape index (κ1) is 18.9. The lowest BCUT2D eigenvalue weighted by atomic mass is 10.1. The summed E-state index contributed by atoms with van der Waals surface area (Å²) in [5.41, 5.74) is 8.58. The van der Waals surface area contributed by atoms with Crippen molar-refractivity contribution in [1.82, 2.24) is 14.7 Å². The van der Waals surface area contributed by atoms with Crippen molar-refractivity contribution in [3.05, 3.63) is 54.2 Å². The molecule has 1 aromatic carbocycles. The molecule has 0 radical (unpaired) electrons. The van der Waals surface area contributed by atoms with Crippen molar-refractivity contribution in [2.45, 2.75) is 19.6 Å². The van der Waals surface area contributed by atoms with Crippen LogP contribution in [0, 0.1) is 5.82 Å². The number of pyridine rings is 1. The van der Waals surface area contributed by atoms with Gasteiger partial charge in [-0.05, 0) is 30.3 Å². The second-order valence-electron chi connectivity index (χ2n) is 6.84. The third-order valence-electron chi connectivity index (χ3n) is 4.74. The smallest absolute Gasteiger partial charge is 0.414 e. The third-order valence-corrected chi connectivity index (χ3v) is 4.74. The molecule has 1 aliphatic heterocycles. The van der Waals surface area contributed by atoms with Gasteiger partial charge in [-0.15, -0.1) is 0 Å². The highest BCUT2D eigenvalue weighted by atomic mass is 19.1. The fourth-order valence-corrected chi connectivity index (χ4v) is 3.30. The summed E-state index contributed by atoms with van der Waals surface area (Å²) < 4.78 is 21.9. The van der Waals surface area contributed by atoms with Crippen molar-refractivity contribution in [2.75, 3.05) is 18.0 Å². The van der Waals surface area contributed by atoms with Crippen LogP contribution in [0.25, 0.3) is 16.8 Å². The molecule has 3 N–H and O–H groups in total. The van der Waals surface area contributed by atoms with Crippen LogP contribution in [0.1, 0.15) is 12.6 Å². The standard InChI is InChI=1S/C20H20FN5O3/c1-12(27)23-8-16-11-26(20(28)29-16)15-3-4-17(18(21)6-15)13-2-5-19-24-14(7-22)10-25(19)9-13/h2-6,9-10,16H,7-8,11,22H2,1H3,(H,23,27)/t16-/m0/s1. The van der Waals surface area contributed by atoms with Crippen LogP contribution in [-0.2, 0) is 16.1 Å². The Balaban J connectivity index is 1.56. The molecule has 3 aromatic rings. The van der Waals surface area contributed by atoms with Gasteiger partial charge in [-0.3, -0.25) is 9.69 Å². The molecule has 0 spiro atoms. The van der Waals surface area contributed by atoms with Crippen LogP contribution < -0.4 is 16.0 Å². The molecule has 9 heteroatoms. The van der Waals surface area contributed by atoms with E-state index >= 15 is 0 Å². The van der Waals surface area contributed by atoms with Crippen LogP contribution in [0.3, 0.4) is 0 Å². The fourth-order valence-electron chi connectivity index (χ4n) is 3.30. The predicted molar refractivity (Wildman–Crippen MR) is 105 cm³/mol. The zero-order chi connectivity index (χ0) is 20.5. The van der Waals surface area contributed by atoms with Gasteiger partial charge >= 0.3 is 6.09 Å².